The van der Waals surface area contributed by atoms with Crippen LogP contribution in [0.1, 0.15) is 40.2 Å². The monoisotopic (exact) mass is 277 g/mol. The highest BCUT2D eigenvalue weighted by Crippen LogP contribution is 2.29. The fourth-order valence-corrected chi connectivity index (χ4v) is 2.22. The number of carboxylic acid groups (broad SMARTS) is 1. The second-order valence-corrected chi connectivity index (χ2v) is 5.90. The van der Waals surface area contributed by atoms with Gasteiger partial charge in [-0.1, -0.05) is 30.3 Å². The maximum atomic E-state index is 12.8. The van der Waals surface area contributed by atoms with Gasteiger partial charge in [0.2, 0.25) is 5.91 Å². The highest BCUT2D eigenvalue weighted by molar-refractivity contribution is 5.92. The predicted octanol–water partition coefficient (Wildman–Crippen LogP) is 2.68. The molecule has 1 amide bonds. The molecule has 1 rings (SSSR count). The molecule has 0 bridgehead atoms. The van der Waals surface area contributed by atoms with Gasteiger partial charge in [-0.2, -0.15) is 0 Å². The van der Waals surface area contributed by atoms with Crippen LogP contribution in [0.25, 0.3) is 0 Å². The first-order chi connectivity index (χ1) is 9.15. The maximum Gasteiger partial charge on any atom is 0.329 e. The lowest BCUT2D eigenvalue weighted by Gasteiger charge is -2.39. The Hall–Kier alpha value is -1.84. The van der Waals surface area contributed by atoms with E-state index in [4.69, 9.17) is 0 Å². The van der Waals surface area contributed by atoms with Crippen LogP contribution in [-0.2, 0) is 15.0 Å². The summed E-state index contributed by atoms with van der Waals surface area (Å²) in [6, 6.07) is 9.42. The highest BCUT2D eigenvalue weighted by Gasteiger charge is 2.43. The number of carbonyl (C=O) groups excluding carboxylic acids is 1. The minimum Gasteiger partial charge on any atom is -0.480 e. The van der Waals surface area contributed by atoms with Crippen LogP contribution in [0.4, 0.5) is 0 Å². The number of hydrogen-bond acceptors (Lipinski definition) is 2. The van der Waals surface area contributed by atoms with Gasteiger partial charge in [0.25, 0.3) is 0 Å². The van der Waals surface area contributed by atoms with Crippen LogP contribution >= 0.6 is 0 Å². The number of nitrogens with zero attached hydrogens (tertiary/aromatic N) is 1. The predicted molar refractivity (Wildman–Crippen MR) is 78.6 cm³/mol. The lowest BCUT2D eigenvalue weighted by atomic mass is 9.82. The van der Waals surface area contributed by atoms with Crippen LogP contribution in [0.2, 0.25) is 0 Å². The first kappa shape index (κ1) is 16.2. The summed E-state index contributed by atoms with van der Waals surface area (Å²) in [5.74, 6) is -1.19. The van der Waals surface area contributed by atoms with E-state index in [2.05, 4.69) is 0 Å². The van der Waals surface area contributed by atoms with Gasteiger partial charge in [-0.05, 0) is 40.2 Å². The second kappa shape index (κ2) is 5.65. The Morgan fingerprint density at radius 3 is 2.00 bits per heavy atom. The van der Waals surface area contributed by atoms with E-state index in [9.17, 15) is 14.7 Å². The minimum atomic E-state index is -1.22. The molecule has 0 atom stereocenters. The molecule has 0 unspecified atom stereocenters. The maximum absolute atomic E-state index is 12.8. The number of amides is 1. The van der Waals surface area contributed by atoms with Crippen molar-refractivity contribution in [3.63, 3.8) is 0 Å². The van der Waals surface area contributed by atoms with Crippen molar-refractivity contribution >= 4 is 11.9 Å². The molecule has 4 heteroatoms. The van der Waals surface area contributed by atoms with Crippen LogP contribution in [-0.4, -0.2) is 34.0 Å². The van der Waals surface area contributed by atoms with Gasteiger partial charge in [0.05, 0.1) is 5.41 Å². The van der Waals surface area contributed by atoms with Gasteiger partial charge in [-0.15, -0.1) is 0 Å². The molecule has 20 heavy (non-hydrogen) atoms. The van der Waals surface area contributed by atoms with Gasteiger partial charge >= 0.3 is 5.97 Å². The van der Waals surface area contributed by atoms with E-state index in [1.165, 1.54) is 4.90 Å². The number of likely N-dealkylation sites (N-methyl/N-ethyl adjacent to an activating group) is 1. The summed E-state index contributed by atoms with van der Waals surface area (Å²) >= 11 is 0. The Balaban J connectivity index is 3.18. The second-order valence-electron chi connectivity index (χ2n) is 5.90. The van der Waals surface area contributed by atoms with Crippen molar-refractivity contribution in [2.45, 2.75) is 45.6 Å². The number of hydrogen-bond donors (Lipinski definition) is 1. The number of aliphatic carboxylic acids is 1. The van der Waals surface area contributed by atoms with Crippen LogP contribution in [0, 0.1) is 0 Å². The molecule has 0 saturated carbocycles. The Labute approximate surface area is 120 Å². The van der Waals surface area contributed by atoms with Crippen molar-refractivity contribution in [2.24, 2.45) is 0 Å². The third kappa shape index (κ3) is 2.84. The van der Waals surface area contributed by atoms with Crippen LogP contribution in [0.15, 0.2) is 30.3 Å². The molecule has 0 aliphatic rings. The Morgan fingerprint density at radius 1 is 1.10 bits per heavy atom. The smallest absolute Gasteiger partial charge is 0.329 e. The molecular formula is C16H23NO3. The molecular weight excluding hydrogens is 254 g/mol. The third-order valence-corrected chi connectivity index (χ3v) is 3.79. The van der Waals surface area contributed by atoms with Gasteiger partial charge in [0.1, 0.15) is 5.54 Å². The molecule has 0 aliphatic heterocycles. The lowest BCUT2D eigenvalue weighted by molar-refractivity contribution is -0.158. The SMILES string of the molecule is CCN(C(=O)C(C)(C)c1ccccc1)C(C)(C)C(=O)O. The Morgan fingerprint density at radius 2 is 1.60 bits per heavy atom. The zero-order chi connectivity index (χ0) is 15.6. The molecule has 0 radical (unpaired) electrons. The van der Waals surface area contributed by atoms with E-state index in [0.29, 0.717) is 6.54 Å². The summed E-state index contributed by atoms with van der Waals surface area (Å²) in [7, 11) is 0. The number of rotatable bonds is 5. The number of benzene rings is 1. The van der Waals surface area contributed by atoms with Crippen molar-refractivity contribution in [3.05, 3.63) is 35.9 Å². The third-order valence-electron chi connectivity index (χ3n) is 3.79. The molecule has 1 aromatic rings. The van der Waals surface area contributed by atoms with Crippen molar-refractivity contribution < 1.29 is 14.7 Å². The fraction of sp³-hybridized carbons (Fsp3) is 0.500. The van der Waals surface area contributed by atoms with E-state index in [-0.39, 0.29) is 5.91 Å². The lowest BCUT2D eigenvalue weighted by Crippen LogP contribution is -2.57. The summed E-state index contributed by atoms with van der Waals surface area (Å²) in [5, 5.41) is 9.33. The van der Waals surface area contributed by atoms with Crippen LogP contribution in [0.3, 0.4) is 0 Å². The van der Waals surface area contributed by atoms with Gasteiger partial charge in [0.15, 0.2) is 0 Å². The molecule has 0 spiro atoms. The minimum absolute atomic E-state index is 0.182. The molecule has 0 fully saturated rings. The van der Waals surface area contributed by atoms with E-state index in [0.717, 1.165) is 5.56 Å². The normalized spacial score (nSPS) is 12.1. The summed E-state index contributed by atoms with van der Waals surface area (Å²) in [6.45, 7) is 8.91. The van der Waals surface area contributed by atoms with E-state index < -0.39 is 16.9 Å². The van der Waals surface area contributed by atoms with Crippen molar-refractivity contribution in [1.82, 2.24) is 4.90 Å². The average Bonchev–Trinajstić information content (AvgIpc) is 2.39. The number of carbonyl (C=O) groups is 2. The van der Waals surface area contributed by atoms with Gasteiger partial charge in [0, 0.05) is 6.54 Å². The van der Waals surface area contributed by atoms with Gasteiger partial charge in [-0.3, -0.25) is 4.79 Å². The van der Waals surface area contributed by atoms with Crippen LogP contribution in [0.5, 0.6) is 0 Å². The highest BCUT2D eigenvalue weighted by atomic mass is 16.4. The van der Waals surface area contributed by atoms with Crippen molar-refractivity contribution in [2.75, 3.05) is 6.54 Å². The largest absolute Gasteiger partial charge is 0.480 e. The zero-order valence-corrected chi connectivity index (χ0v) is 12.8. The molecule has 0 aromatic heterocycles. The summed E-state index contributed by atoms with van der Waals surface area (Å²) in [5.41, 5.74) is -1.10. The summed E-state index contributed by atoms with van der Waals surface area (Å²) in [6.07, 6.45) is 0. The zero-order valence-electron chi connectivity index (χ0n) is 12.8. The Kier molecular flexibility index (Phi) is 4.58. The molecule has 110 valence electrons. The fourth-order valence-electron chi connectivity index (χ4n) is 2.22. The molecule has 0 heterocycles. The first-order valence-corrected chi connectivity index (χ1v) is 6.76. The quantitative estimate of drug-likeness (QED) is 0.900. The average molecular weight is 277 g/mol. The Bertz CT molecular complexity index is 492. The van der Waals surface area contributed by atoms with Gasteiger partial charge in [-0.25, -0.2) is 4.79 Å². The van der Waals surface area contributed by atoms with E-state index in [1.807, 2.05) is 44.2 Å². The summed E-state index contributed by atoms with van der Waals surface area (Å²) < 4.78 is 0. The molecule has 4 nitrogen and oxygen atoms in total. The first-order valence-electron chi connectivity index (χ1n) is 6.76. The van der Waals surface area contributed by atoms with Crippen LogP contribution < -0.4 is 0 Å². The topological polar surface area (TPSA) is 57.6 Å². The molecule has 0 saturated heterocycles. The summed E-state index contributed by atoms with van der Waals surface area (Å²) in [4.78, 5) is 25.6. The number of carboxylic acids is 1. The van der Waals surface area contributed by atoms with Crippen molar-refractivity contribution in [1.29, 1.82) is 0 Å². The molecule has 1 aromatic carbocycles. The van der Waals surface area contributed by atoms with E-state index in [1.54, 1.807) is 20.8 Å². The van der Waals surface area contributed by atoms with Crippen molar-refractivity contribution in [3.8, 4) is 0 Å². The standard InChI is InChI=1S/C16H23NO3/c1-6-17(16(4,5)14(19)20)13(18)15(2,3)12-10-8-7-9-11-12/h7-11H,6H2,1-5H3,(H,19,20). The molecule has 0 aliphatic carbocycles. The van der Waals surface area contributed by atoms with Gasteiger partial charge < -0.3 is 10.0 Å². The van der Waals surface area contributed by atoms with E-state index >= 15 is 0 Å². The molecule has 1 N–H and O–H groups in total.